The number of alkyl halides is 2. The Bertz CT molecular complexity index is 948. The molecule has 2 N–H and O–H groups in total. The summed E-state index contributed by atoms with van der Waals surface area (Å²) >= 11 is 0.814. The summed E-state index contributed by atoms with van der Waals surface area (Å²) in [4.78, 5) is 11.4. The summed E-state index contributed by atoms with van der Waals surface area (Å²) in [5, 5.41) is 19.0. The molecule has 0 bridgehead atoms. The summed E-state index contributed by atoms with van der Waals surface area (Å²) in [6, 6.07) is 7.78. The fourth-order valence-corrected chi connectivity index (χ4v) is 3.51. The lowest BCUT2D eigenvalue weighted by Crippen LogP contribution is -2.12. The quantitative estimate of drug-likeness (QED) is 0.766. The Kier molecular flexibility index (Phi) is 5.30. The molecule has 140 valence electrons. The van der Waals surface area contributed by atoms with Crippen molar-refractivity contribution in [2.24, 2.45) is 0 Å². The van der Waals surface area contributed by atoms with E-state index in [9.17, 15) is 23.1 Å². The molecule has 1 amide bonds. The SMILES string of the molecule is CC(=O)NSc1ccc(Oc2cc(F)cc(C#N)c2)c2c1[C@H](O)[C@H](F)[C@H]2F. The fourth-order valence-electron chi connectivity index (χ4n) is 2.78. The Morgan fingerprint density at radius 2 is 2.04 bits per heavy atom. The van der Waals surface area contributed by atoms with Gasteiger partial charge in [0.05, 0.1) is 11.6 Å². The van der Waals surface area contributed by atoms with Crippen LogP contribution in [0.4, 0.5) is 13.2 Å². The number of aliphatic hydroxyl groups is 1. The topological polar surface area (TPSA) is 82.3 Å². The van der Waals surface area contributed by atoms with Crippen LogP contribution in [0.3, 0.4) is 0 Å². The summed E-state index contributed by atoms with van der Waals surface area (Å²) in [5.74, 6) is -1.28. The molecule has 0 aromatic heterocycles. The average Bonchev–Trinajstić information content (AvgIpc) is 2.85. The van der Waals surface area contributed by atoms with E-state index in [0.29, 0.717) is 0 Å². The van der Waals surface area contributed by atoms with Crippen molar-refractivity contribution in [1.29, 1.82) is 5.26 Å². The summed E-state index contributed by atoms with van der Waals surface area (Å²) in [5.41, 5.74) is -0.254. The van der Waals surface area contributed by atoms with E-state index in [1.807, 2.05) is 0 Å². The van der Waals surface area contributed by atoms with Gasteiger partial charge in [-0.3, -0.25) is 9.52 Å². The molecule has 0 heterocycles. The minimum Gasteiger partial charge on any atom is -0.457 e. The van der Waals surface area contributed by atoms with Gasteiger partial charge in [-0.15, -0.1) is 0 Å². The van der Waals surface area contributed by atoms with Crippen LogP contribution in [0, 0.1) is 17.1 Å². The Balaban J connectivity index is 2.04. The van der Waals surface area contributed by atoms with Crippen LogP contribution in [-0.4, -0.2) is 17.2 Å². The van der Waals surface area contributed by atoms with Gasteiger partial charge in [-0.1, -0.05) is 0 Å². The van der Waals surface area contributed by atoms with Crippen molar-refractivity contribution in [3.05, 3.63) is 52.8 Å². The van der Waals surface area contributed by atoms with Crippen molar-refractivity contribution in [3.8, 4) is 17.6 Å². The summed E-state index contributed by atoms with van der Waals surface area (Å²) in [6.07, 6.45) is -6.10. The summed E-state index contributed by atoms with van der Waals surface area (Å²) < 4.78 is 50.1. The number of benzene rings is 2. The monoisotopic (exact) mass is 394 g/mol. The number of fused-ring (bicyclic) bond motifs is 1. The number of halogens is 3. The highest BCUT2D eigenvalue weighted by atomic mass is 32.2. The molecule has 3 rings (SSSR count). The maximum atomic E-state index is 14.5. The zero-order valence-corrected chi connectivity index (χ0v) is 14.7. The van der Waals surface area contributed by atoms with Crippen molar-refractivity contribution in [2.45, 2.75) is 30.3 Å². The van der Waals surface area contributed by atoms with Crippen LogP contribution < -0.4 is 9.46 Å². The number of amides is 1. The third-order valence-electron chi connectivity index (χ3n) is 3.89. The van der Waals surface area contributed by atoms with E-state index in [1.165, 1.54) is 25.1 Å². The minimum absolute atomic E-state index is 0.000296. The molecule has 0 saturated heterocycles. The van der Waals surface area contributed by atoms with Gasteiger partial charge in [-0.05, 0) is 36.2 Å². The molecule has 0 unspecified atom stereocenters. The van der Waals surface area contributed by atoms with Crippen molar-refractivity contribution in [2.75, 3.05) is 0 Å². The lowest BCUT2D eigenvalue weighted by atomic mass is 10.1. The smallest absolute Gasteiger partial charge is 0.226 e. The Labute approximate surface area is 156 Å². The standard InChI is InChI=1S/C18H13F3N2O3S/c1-8(24)23-27-13-3-2-12(14-15(13)18(25)17(21)16(14)20)26-11-5-9(7-22)4-10(19)6-11/h2-6,16-18,25H,1H3,(H,23,24)/t16-,17+,18-/m0/s1. The second-order valence-corrected chi connectivity index (χ2v) is 6.68. The van der Waals surface area contributed by atoms with Crippen LogP contribution in [0.15, 0.2) is 35.2 Å². The van der Waals surface area contributed by atoms with Gasteiger partial charge >= 0.3 is 0 Å². The molecule has 5 nitrogen and oxygen atoms in total. The zero-order chi connectivity index (χ0) is 19.7. The van der Waals surface area contributed by atoms with Crippen LogP contribution in [0.25, 0.3) is 0 Å². The number of carbonyl (C=O) groups is 1. The van der Waals surface area contributed by atoms with Gasteiger partial charge in [0.15, 0.2) is 12.3 Å². The predicted octanol–water partition coefficient (Wildman–Crippen LogP) is 4.03. The van der Waals surface area contributed by atoms with Gasteiger partial charge in [-0.2, -0.15) is 5.26 Å². The van der Waals surface area contributed by atoms with Crippen LogP contribution in [-0.2, 0) is 4.79 Å². The third-order valence-corrected chi connectivity index (χ3v) is 4.86. The number of hydrogen-bond acceptors (Lipinski definition) is 5. The number of hydrogen-bond donors (Lipinski definition) is 2. The first kappa shape index (κ1) is 19.1. The molecule has 0 radical (unpaired) electrons. The normalized spacial score (nSPS) is 20.7. The predicted molar refractivity (Wildman–Crippen MR) is 91.0 cm³/mol. The van der Waals surface area contributed by atoms with Crippen LogP contribution >= 0.6 is 11.9 Å². The molecule has 0 fully saturated rings. The lowest BCUT2D eigenvalue weighted by molar-refractivity contribution is -0.117. The van der Waals surface area contributed by atoms with Crippen molar-refractivity contribution < 1.29 is 27.8 Å². The number of nitriles is 1. The molecular weight excluding hydrogens is 381 g/mol. The highest BCUT2D eigenvalue weighted by molar-refractivity contribution is 7.98. The van der Waals surface area contributed by atoms with E-state index < -0.39 is 24.3 Å². The number of nitrogens with one attached hydrogen (secondary N) is 1. The number of rotatable bonds is 4. The molecule has 2 aromatic rings. The molecule has 9 heteroatoms. The maximum Gasteiger partial charge on any atom is 0.226 e. The van der Waals surface area contributed by atoms with E-state index >= 15 is 0 Å². The molecule has 27 heavy (non-hydrogen) atoms. The number of nitrogens with zero attached hydrogens (tertiary/aromatic N) is 1. The van der Waals surface area contributed by atoms with Gasteiger partial charge in [0.1, 0.15) is 23.4 Å². The zero-order valence-electron chi connectivity index (χ0n) is 13.9. The van der Waals surface area contributed by atoms with Gasteiger partial charge in [0.2, 0.25) is 5.91 Å². The molecular formula is C18H13F3N2O3S. The molecule has 3 atom stereocenters. The molecule has 1 aliphatic carbocycles. The molecule has 0 spiro atoms. The molecule has 0 saturated carbocycles. The van der Waals surface area contributed by atoms with Gasteiger partial charge in [0.25, 0.3) is 0 Å². The van der Waals surface area contributed by atoms with Gasteiger partial charge in [-0.25, -0.2) is 13.2 Å². The average molecular weight is 394 g/mol. The first-order chi connectivity index (χ1) is 12.8. The van der Waals surface area contributed by atoms with E-state index in [-0.39, 0.29) is 39.0 Å². The van der Waals surface area contributed by atoms with Gasteiger partial charge < -0.3 is 9.84 Å². The third kappa shape index (κ3) is 3.72. The Morgan fingerprint density at radius 3 is 2.70 bits per heavy atom. The first-order valence-corrected chi connectivity index (χ1v) is 8.58. The number of aliphatic hydroxyl groups excluding tert-OH is 1. The first-order valence-electron chi connectivity index (χ1n) is 7.76. The van der Waals surface area contributed by atoms with Crippen molar-refractivity contribution >= 4 is 17.9 Å². The van der Waals surface area contributed by atoms with Crippen LogP contribution in [0.2, 0.25) is 0 Å². The van der Waals surface area contributed by atoms with Crippen LogP contribution in [0.1, 0.15) is 35.9 Å². The van der Waals surface area contributed by atoms with Gasteiger partial charge in [0, 0.05) is 29.0 Å². The molecule has 2 aromatic carbocycles. The van der Waals surface area contributed by atoms with E-state index in [1.54, 1.807) is 6.07 Å². The molecule has 1 aliphatic rings. The van der Waals surface area contributed by atoms with Crippen molar-refractivity contribution in [3.63, 3.8) is 0 Å². The van der Waals surface area contributed by atoms with Crippen LogP contribution in [0.5, 0.6) is 11.5 Å². The Morgan fingerprint density at radius 1 is 1.30 bits per heavy atom. The largest absolute Gasteiger partial charge is 0.457 e. The second-order valence-electron chi connectivity index (χ2n) is 5.83. The Hall–Kier alpha value is -2.70. The summed E-state index contributed by atoms with van der Waals surface area (Å²) in [7, 11) is 0. The van der Waals surface area contributed by atoms with E-state index in [4.69, 9.17) is 10.00 Å². The van der Waals surface area contributed by atoms with Crippen molar-refractivity contribution in [1.82, 2.24) is 4.72 Å². The molecule has 0 aliphatic heterocycles. The number of ether oxygens (including phenoxy) is 1. The maximum absolute atomic E-state index is 14.5. The van der Waals surface area contributed by atoms with E-state index in [2.05, 4.69) is 4.72 Å². The van der Waals surface area contributed by atoms with E-state index in [0.717, 1.165) is 24.1 Å². The lowest BCUT2D eigenvalue weighted by Gasteiger charge is -2.15. The highest BCUT2D eigenvalue weighted by Crippen LogP contribution is 2.51. The fraction of sp³-hybridized carbons (Fsp3) is 0.222. The summed E-state index contributed by atoms with van der Waals surface area (Å²) in [6.45, 7) is 1.27. The minimum atomic E-state index is -2.20. The highest BCUT2D eigenvalue weighted by Gasteiger charge is 2.44. The number of carbonyl (C=O) groups excluding carboxylic acids is 1. The second kappa shape index (κ2) is 7.50.